The van der Waals surface area contributed by atoms with E-state index in [0.717, 1.165) is 6.42 Å². The first-order valence-corrected chi connectivity index (χ1v) is 6.72. The molecular weight excluding hydrogens is 220 g/mol. The lowest BCUT2D eigenvalue weighted by molar-refractivity contribution is -0.140. The molecule has 0 radical (unpaired) electrons. The molecule has 88 valence electrons. The van der Waals surface area contributed by atoms with Gasteiger partial charge in [0.15, 0.2) is 9.84 Å². The number of sulfone groups is 1. The Kier molecular flexibility index (Phi) is 4.10. The van der Waals surface area contributed by atoms with E-state index in [9.17, 15) is 13.2 Å². The summed E-state index contributed by atoms with van der Waals surface area (Å²) in [6.45, 7) is 0. The van der Waals surface area contributed by atoms with Gasteiger partial charge in [0, 0.05) is 7.11 Å². The molecule has 2 unspecified atom stereocenters. The molecule has 1 aliphatic heterocycles. The lowest BCUT2D eigenvalue weighted by atomic mass is 9.96. The van der Waals surface area contributed by atoms with Crippen LogP contribution in [0.2, 0.25) is 0 Å². The molecule has 6 heteroatoms. The molecule has 0 aromatic carbocycles. The second-order valence-electron chi connectivity index (χ2n) is 3.89. The number of carboxylic acid groups (broad SMARTS) is 1. The third-order valence-electron chi connectivity index (χ3n) is 2.70. The van der Waals surface area contributed by atoms with E-state index < -0.39 is 21.9 Å². The SMILES string of the molecule is COC(CC(=O)O)C1CCCS(=O)(=O)C1. The van der Waals surface area contributed by atoms with E-state index in [-0.39, 0.29) is 23.8 Å². The molecule has 1 heterocycles. The first-order chi connectivity index (χ1) is 6.94. The predicted octanol–water partition coefficient (Wildman–Crippen LogP) is 0.301. The zero-order valence-electron chi connectivity index (χ0n) is 8.68. The molecule has 15 heavy (non-hydrogen) atoms. The smallest absolute Gasteiger partial charge is 0.305 e. The van der Waals surface area contributed by atoms with Gasteiger partial charge in [-0.05, 0) is 18.8 Å². The third kappa shape index (κ3) is 3.79. The number of carboxylic acids is 1. The first-order valence-electron chi connectivity index (χ1n) is 4.89. The third-order valence-corrected chi connectivity index (χ3v) is 4.55. The Morgan fingerprint density at radius 3 is 2.73 bits per heavy atom. The molecule has 0 aliphatic carbocycles. The minimum Gasteiger partial charge on any atom is -0.481 e. The Balaban J connectivity index is 2.64. The van der Waals surface area contributed by atoms with Crippen molar-refractivity contribution in [2.75, 3.05) is 18.6 Å². The Morgan fingerprint density at radius 1 is 1.60 bits per heavy atom. The summed E-state index contributed by atoms with van der Waals surface area (Å²) in [6, 6.07) is 0. The van der Waals surface area contributed by atoms with Crippen LogP contribution in [-0.4, -0.2) is 44.2 Å². The second kappa shape index (κ2) is 4.94. The summed E-state index contributed by atoms with van der Waals surface area (Å²) in [5.74, 6) is -0.860. The summed E-state index contributed by atoms with van der Waals surface area (Å²) in [5, 5.41) is 8.65. The highest BCUT2D eigenvalue weighted by molar-refractivity contribution is 7.91. The average Bonchev–Trinajstić information content (AvgIpc) is 2.12. The topological polar surface area (TPSA) is 80.7 Å². The van der Waals surface area contributed by atoms with E-state index in [2.05, 4.69) is 0 Å². The molecule has 1 N–H and O–H groups in total. The molecule has 1 aliphatic rings. The quantitative estimate of drug-likeness (QED) is 0.759. The Morgan fingerprint density at radius 2 is 2.27 bits per heavy atom. The molecular formula is C9H16O5S. The van der Waals surface area contributed by atoms with Crippen LogP contribution in [0.5, 0.6) is 0 Å². The van der Waals surface area contributed by atoms with Gasteiger partial charge in [0.1, 0.15) is 0 Å². The average molecular weight is 236 g/mol. The van der Waals surface area contributed by atoms with Gasteiger partial charge in [0.05, 0.1) is 24.0 Å². The normalized spacial score (nSPS) is 27.1. The Bertz CT molecular complexity index is 321. The van der Waals surface area contributed by atoms with Crippen molar-refractivity contribution in [2.24, 2.45) is 5.92 Å². The van der Waals surface area contributed by atoms with Crippen molar-refractivity contribution in [3.8, 4) is 0 Å². The van der Waals surface area contributed by atoms with Crippen LogP contribution in [0.3, 0.4) is 0 Å². The lowest BCUT2D eigenvalue weighted by Crippen LogP contribution is -2.35. The number of ether oxygens (including phenoxy) is 1. The van der Waals surface area contributed by atoms with Crippen LogP contribution in [-0.2, 0) is 19.4 Å². The van der Waals surface area contributed by atoms with Crippen LogP contribution in [0.4, 0.5) is 0 Å². The van der Waals surface area contributed by atoms with Crippen molar-refractivity contribution in [1.29, 1.82) is 0 Å². The molecule has 0 saturated carbocycles. The first kappa shape index (κ1) is 12.4. The summed E-state index contributed by atoms with van der Waals surface area (Å²) in [6.07, 6.45) is 0.714. The van der Waals surface area contributed by atoms with E-state index in [0.29, 0.717) is 6.42 Å². The van der Waals surface area contributed by atoms with Crippen LogP contribution in [0, 0.1) is 5.92 Å². The van der Waals surface area contributed by atoms with Crippen LogP contribution in [0.25, 0.3) is 0 Å². The summed E-state index contributed by atoms with van der Waals surface area (Å²) in [5.41, 5.74) is 0. The van der Waals surface area contributed by atoms with Gasteiger partial charge in [-0.1, -0.05) is 0 Å². The van der Waals surface area contributed by atoms with Gasteiger partial charge < -0.3 is 9.84 Å². The van der Waals surface area contributed by atoms with E-state index in [1.165, 1.54) is 7.11 Å². The molecule has 1 rings (SSSR count). The number of hydrogen-bond acceptors (Lipinski definition) is 4. The standard InChI is InChI=1S/C9H16O5S/c1-14-8(5-9(10)11)7-3-2-4-15(12,13)6-7/h7-8H,2-6H2,1H3,(H,10,11). The molecule has 0 bridgehead atoms. The van der Waals surface area contributed by atoms with Gasteiger partial charge in [0.25, 0.3) is 0 Å². The fraction of sp³-hybridized carbons (Fsp3) is 0.889. The zero-order valence-corrected chi connectivity index (χ0v) is 9.50. The maximum atomic E-state index is 11.4. The molecule has 0 aromatic heterocycles. The van der Waals surface area contributed by atoms with Gasteiger partial charge in [-0.3, -0.25) is 4.79 Å². The van der Waals surface area contributed by atoms with Crippen molar-refractivity contribution in [3.63, 3.8) is 0 Å². The summed E-state index contributed by atoms with van der Waals surface area (Å²) < 4.78 is 27.8. The highest BCUT2D eigenvalue weighted by atomic mass is 32.2. The minimum atomic E-state index is -3.00. The highest BCUT2D eigenvalue weighted by Gasteiger charge is 2.31. The molecule has 0 aromatic rings. The van der Waals surface area contributed by atoms with Gasteiger partial charge in [-0.15, -0.1) is 0 Å². The number of carbonyl (C=O) groups is 1. The lowest BCUT2D eigenvalue weighted by Gasteiger charge is -2.27. The van der Waals surface area contributed by atoms with Crippen LogP contribution < -0.4 is 0 Å². The number of hydrogen-bond donors (Lipinski definition) is 1. The van der Waals surface area contributed by atoms with Crippen LogP contribution in [0.1, 0.15) is 19.3 Å². The van der Waals surface area contributed by atoms with Gasteiger partial charge in [-0.2, -0.15) is 0 Å². The van der Waals surface area contributed by atoms with E-state index >= 15 is 0 Å². The molecule has 0 spiro atoms. The molecule has 1 fully saturated rings. The zero-order chi connectivity index (χ0) is 11.5. The van der Waals surface area contributed by atoms with Gasteiger partial charge in [-0.25, -0.2) is 8.42 Å². The predicted molar refractivity (Wildman–Crippen MR) is 54.4 cm³/mol. The summed E-state index contributed by atoms with van der Waals surface area (Å²) in [4.78, 5) is 10.5. The summed E-state index contributed by atoms with van der Waals surface area (Å²) >= 11 is 0. The number of rotatable bonds is 4. The summed E-state index contributed by atoms with van der Waals surface area (Å²) in [7, 11) is -1.57. The van der Waals surface area contributed by atoms with Crippen molar-refractivity contribution < 1.29 is 23.1 Å². The van der Waals surface area contributed by atoms with E-state index in [4.69, 9.17) is 9.84 Å². The van der Waals surface area contributed by atoms with Crippen LogP contribution >= 0.6 is 0 Å². The molecule has 2 atom stereocenters. The monoisotopic (exact) mass is 236 g/mol. The highest BCUT2D eigenvalue weighted by Crippen LogP contribution is 2.24. The Labute approximate surface area is 89.3 Å². The molecule has 5 nitrogen and oxygen atoms in total. The fourth-order valence-corrected chi connectivity index (χ4v) is 3.77. The van der Waals surface area contributed by atoms with Crippen molar-refractivity contribution in [1.82, 2.24) is 0 Å². The van der Waals surface area contributed by atoms with Crippen molar-refractivity contribution >= 4 is 15.8 Å². The van der Waals surface area contributed by atoms with E-state index in [1.807, 2.05) is 0 Å². The fourth-order valence-electron chi connectivity index (χ4n) is 1.97. The van der Waals surface area contributed by atoms with E-state index in [1.54, 1.807) is 0 Å². The van der Waals surface area contributed by atoms with Gasteiger partial charge >= 0.3 is 5.97 Å². The van der Waals surface area contributed by atoms with Crippen molar-refractivity contribution in [3.05, 3.63) is 0 Å². The molecule has 1 saturated heterocycles. The van der Waals surface area contributed by atoms with Gasteiger partial charge in [0.2, 0.25) is 0 Å². The van der Waals surface area contributed by atoms with Crippen LogP contribution in [0.15, 0.2) is 0 Å². The molecule has 0 amide bonds. The maximum absolute atomic E-state index is 11.4. The Hall–Kier alpha value is -0.620. The van der Waals surface area contributed by atoms with Crippen molar-refractivity contribution in [2.45, 2.75) is 25.4 Å². The largest absolute Gasteiger partial charge is 0.481 e. The maximum Gasteiger partial charge on any atom is 0.305 e. The number of aliphatic carboxylic acids is 1. The second-order valence-corrected chi connectivity index (χ2v) is 6.12. The number of methoxy groups -OCH3 is 1. The minimum absolute atomic E-state index is 0.0544.